The first-order valence-corrected chi connectivity index (χ1v) is 10.3. The Kier molecular flexibility index (Phi) is 5.63. The van der Waals surface area contributed by atoms with Gasteiger partial charge in [-0.25, -0.2) is 0 Å². The summed E-state index contributed by atoms with van der Waals surface area (Å²) in [6.45, 7) is 0. The molecule has 0 aliphatic rings. The Hall–Kier alpha value is -0.901. The molecule has 0 amide bonds. The van der Waals surface area contributed by atoms with E-state index in [9.17, 15) is 0 Å². The van der Waals surface area contributed by atoms with Crippen LogP contribution in [0.2, 0.25) is 10.0 Å². The average Bonchev–Trinajstić information content (AvgIpc) is 2.96. The predicted molar refractivity (Wildman–Crippen MR) is 105 cm³/mol. The number of halogens is 3. The SMILES string of the molecule is COc1ccc(-c2cc(Br)c(-c3ccc(OC)c(Cl)c3)[se]2)cc1Cl. The molecular weight excluding hydrogens is 478 g/mol. The van der Waals surface area contributed by atoms with Crippen LogP contribution in [0.1, 0.15) is 0 Å². The van der Waals surface area contributed by atoms with Crippen LogP contribution in [0, 0.1) is 0 Å². The van der Waals surface area contributed by atoms with Crippen molar-refractivity contribution >= 4 is 53.6 Å². The fourth-order valence-electron chi connectivity index (χ4n) is 2.34. The Labute approximate surface area is 165 Å². The Balaban J connectivity index is 2.01. The van der Waals surface area contributed by atoms with Crippen LogP contribution in [0.5, 0.6) is 11.5 Å². The van der Waals surface area contributed by atoms with Gasteiger partial charge in [-0.2, -0.15) is 0 Å². The van der Waals surface area contributed by atoms with Crippen LogP contribution in [0.3, 0.4) is 0 Å². The van der Waals surface area contributed by atoms with Crippen molar-refractivity contribution in [3.05, 3.63) is 57.0 Å². The summed E-state index contributed by atoms with van der Waals surface area (Å²) in [6, 6.07) is 13.9. The number of ether oxygens (including phenoxy) is 2. The molecule has 3 rings (SSSR count). The number of methoxy groups -OCH3 is 2. The van der Waals surface area contributed by atoms with E-state index in [0.717, 1.165) is 15.6 Å². The maximum atomic E-state index is 6.26. The van der Waals surface area contributed by atoms with Gasteiger partial charge in [0.05, 0.1) is 0 Å². The molecule has 0 saturated heterocycles. The fraction of sp³-hybridized carbons (Fsp3) is 0.111. The summed E-state index contributed by atoms with van der Waals surface area (Å²) >= 11 is 16.3. The van der Waals surface area contributed by atoms with E-state index < -0.39 is 0 Å². The van der Waals surface area contributed by atoms with Crippen LogP contribution in [0.4, 0.5) is 0 Å². The normalized spacial score (nSPS) is 10.7. The van der Waals surface area contributed by atoms with Crippen LogP contribution in [0.15, 0.2) is 46.9 Å². The third kappa shape index (κ3) is 3.54. The summed E-state index contributed by atoms with van der Waals surface area (Å²) < 4.78 is 14.0. The van der Waals surface area contributed by atoms with Gasteiger partial charge in [0, 0.05) is 0 Å². The molecule has 1 heterocycles. The number of benzene rings is 2. The second kappa shape index (κ2) is 7.55. The van der Waals surface area contributed by atoms with Crippen LogP contribution in [-0.4, -0.2) is 28.7 Å². The van der Waals surface area contributed by atoms with Crippen LogP contribution in [0.25, 0.3) is 20.0 Å². The van der Waals surface area contributed by atoms with E-state index in [1.54, 1.807) is 14.2 Å². The van der Waals surface area contributed by atoms with Crippen molar-refractivity contribution in [1.82, 2.24) is 0 Å². The van der Waals surface area contributed by atoms with Crippen molar-refractivity contribution in [3.63, 3.8) is 0 Å². The van der Waals surface area contributed by atoms with E-state index in [-0.39, 0.29) is 14.5 Å². The minimum absolute atomic E-state index is 0.147. The van der Waals surface area contributed by atoms with E-state index in [1.165, 1.54) is 8.87 Å². The van der Waals surface area contributed by atoms with Crippen LogP contribution in [-0.2, 0) is 0 Å². The summed E-state index contributed by atoms with van der Waals surface area (Å²) in [7, 11) is 3.23. The summed E-state index contributed by atoms with van der Waals surface area (Å²) in [5.41, 5.74) is 2.20. The van der Waals surface area contributed by atoms with Gasteiger partial charge in [0.1, 0.15) is 0 Å². The van der Waals surface area contributed by atoms with Crippen LogP contribution < -0.4 is 9.47 Å². The molecule has 6 heteroatoms. The summed E-state index contributed by atoms with van der Waals surface area (Å²) in [5.74, 6) is 1.36. The first-order chi connectivity index (χ1) is 11.5. The van der Waals surface area contributed by atoms with Crippen molar-refractivity contribution < 1.29 is 9.47 Å². The predicted octanol–water partition coefficient (Wildman–Crippen LogP) is 6.16. The first-order valence-electron chi connectivity index (χ1n) is 7.00. The van der Waals surface area contributed by atoms with Gasteiger partial charge >= 0.3 is 166 Å². The molecule has 124 valence electrons. The monoisotopic (exact) mass is 490 g/mol. The van der Waals surface area contributed by atoms with E-state index in [0.29, 0.717) is 21.5 Å². The number of hydrogen-bond donors (Lipinski definition) is 0. The summed E-state index contributed by atoms with van der Waals surface area (Å²) in [5, 5.41) is 1.23. The zero-order chi connectivity index (χ0) is 17.3. The molecule has 0 atom stereocenters. The molecule has 2 nitrogen and oxygen atoms in total. The Bertz CT molecular complexity index is 893. The second-order valence-electron chi connectivity index (χ2n) is 4.99. The van der Waals surface area contributed by atoms with Gasteiger partial charge in [0.15, 0.2) is 0 Å². The van der Waals surface area contributed by atoms with E-state index in [2.05, 4.69) is 22.0 Å². The summed E-state index contributed by atoms with van der Waals surface area (Å²) in [4.78, 5) is 0. The molecule has 0 unspecified atom stereocenters. The Morgan fingerprint density at radius 3 is 1.92 bits per heavy atom. The number of rotatable bonds is 4. The fourth-order valence-corrected chi connectivity index (χ4v) is 6.26. The van der Waals surface area contributed by atoms with Gasteiger partial charge in [-0.15, -0.1) is 0 Å². The molecule has 2 aromatic carbocycles. The molecule has 0 aliphatic heterocycles. The zero-order valence-electron chi connectivity index (χ0n) is 12.9. The van der Waals surface area contributed by atoms with Crippen molar-refractivity contribution in [2.24, 2.45) is 0 Å². The average molecular weight is 491 g/mol. The van der Waals surface area contributed by atoms with E-state index >= 15 is 0 Å². The van der Waals surface area contributed by atoms with Gasteiger partial charge in [-0.05, 0) is 0 Å². The minimum atomic E-state index is 0.147. The third-order valence-corrected chi connectivity index (χ3v) is 7.93. The molecule has 0 spiro atoms. The van der Waals surface area contributed by atoms with Crippen molar-refractivity contribution in [3.8, 4) is 31.5 Å². The Morgan fingerprint density at radius 1 is 0.833 bits per heavy atom. The molecule has 0 radical (unpaired) electrons. The van der Waals surface area contributed by atoms with Gasteiger partial charge in [-0.1, -0.05) is 0 Å². The molecule has 24 heavy (non-hydrogen) atoms. The van der Waals surface area contributed by atoms with Gasteiger partial charge in [0.25, 0.3) is 0 Å². The quantitative estimate of drug-likeness (QED) is 0.407. The number of hydrogen-bond acceptors (Lipinski definition) is 2. The van der Waals surface area contributed by atoms with Gasteiger partial charge in [-0.3, -0.25) is 0 Å². The molecule has 0 saturated carbocycles. The summed E-state index contributed by atoms with van der Waals surface area (Å²) in [6.07, 6.45) is 0. The molecule has 0 bridgehead atoms. The first kappa shape index (κ1) is 17.9. The van der Waals surface area contributed by atoms with Gasteiger partial charge in [0.2, 0.25) is 0 Å². The van der Waals surface area contributed by atoms with Crippen molar-refractivity contribution in [2.75, 3.05) is 14.2 Å². The molecule has 3 aromatic rings. The van der Waals surface area contributed by atoms with Crippen molar-refractivity contribution in [1.29, 1.82) is 0 Å². The second-order valence-corrected chi connectivity index (χ2v) is 8.86. The van der Waals surface area contributed by atoms with E-state index in [4.69, 9.17) is 32.7 Å². The maximum absolute atomic E-state index is 6.26. The van der Waals surface area contributed by atoms with Crippen molar-refractivity contribution in [2.45, 2.75) is 0 Å². The standard InChI is InChI=1S/C18H13BrCl2O2Se/c1-22-15-5-3-10(7-13(15)20)17-9-12(19)18(24-17)11-4-6-16(23-2)14(21)8-11/h3-9H,1-2H3. The van der Waals surface area contributed by atoms with E-state index in [1.807, 2.05) is 36.4 Å². The molecule has 1 aromatic heterocycles. The zero-order valence-corrected chi connectivity index (χ0v) is 17.7. The molecule has 0 N–H and O–H groups in total. The molecular formula is C18H13BrCl2O2Se. The third-order valence-electron chi connectivity index (χ3n) is 3.54. The molecule has 0 aliphatic carbocycles. The Morgan fingerprint density at radius 2 is 1.38 bits per heavy atom. The van der Waals surface area contributed by atoms with Gasteiger partial charge < -0.3 is 0 Å². The topological polar surface area (TPSA) is 18.5 Å². The van der Waals surface area contributed by atoms with Crippen LogP contribution >= 0.6 is 39.1 Å². The molecule has 0 fully saturated rings.